The van der Waals surface area contributed by atoms with Gasteiger partial charge in [-0.25, -0.2) is 0 Å². The van der Waals surface area contributed by atoms with E-state index in [-0.39, 0.29) is 18.3 Å². The zero-order chi connectivity index (χ0) is 13.4. The lowest BCUT2D eigenvalue weighted by Gasteiger charge is -2.20. The van der Waals surface area contributed by atoms with Crippen LogP contribution in [-0.4, -0.2) is 33.4 Å². The van der Waals surface area contributed by atoms with Gasteiger partial charge in [-0.05, 0) is 6.07 Å². The number of ether oxygens (including phenoxy) is 2. The minimum Gasteiger partial charge on any atom is -0.434 e. The van der Waals surface area contributed by atoms with Crippen LogP contribution < -0.4 is 15.8 Å². The molecule has 0 saturated heterocycles. The summed E-state index contributed by atoms with van der Waals surface area (Å²) in [5.41, 5.74) is 6.26. The normalized spacial score (nSPS) is 12.7. The number of halogens is 2. The third-order valence-corrected chi connectivity index (χ3v) is 2.44. The van der Waals surface area contributed by atoms with Crippen molar-refractivity contribution in [3.05, 3.63) is 29.8 Å². The number of rotatable bonds is 8. The molecule has 0 aliphatic carbocycles. The molecule has 0 aromatic heterocycles. The van der Waals surface area contributed by atoms with Gasteiger partial charge in [-0.3, -0.25) is 0 Å². The number of nitrogens with one attached hydrogen (secondary N) is 1. The minimum absolute atomic E-state index is 0.146. The molecule has 1 rings (SSSR count). The van der Waals surface area contributed by atoms with Crippen molar-refractivity contribution in [3.8, 4) is 5.75 Å². The van der Waals surface area contributed by atoms with E-state index in [0.29, 0.717) is 18.7 Å². The number of hydrogen-bond acceptors (Lipinski definition) is 4. The van der Waals surface area contributed by atoms with Gasteiger partial charge in [-0.1, -0.05) is 18.2 Å². The first-order chi connectivity index (χ1) is 8.69. The summed E-state index contributed by atoms with van der Waals surface area (Å²) >= 11 is 0. The zero-order valence-electron chi connectivity index (χ0n) is 10.2. The first-order valence-corrected chi connectivity index (χ1v) is 5.65. The first-order valence-electron chi connectivity index (χ1n) is 5.65. The van der Waals surface area contributed by atoms with Gasteiger partial charge in [0, 0.05) is 31.8 Å². The smallest absolute Gasteiger partial charge is 0.387 e. The molecule has 4 nitrogen and oxygen atoms in total. The lowest BCUT2D eigenvalue weighted by Crippen LogP contribution is -2.31. The average molecular weight is 260 g/mol. The summed E-state index contributed by atoms with van der Waals surface area (Å²) in [5.74, 6) is 0.146. The fraction of sp³-hybridized carbons (Fsp3) is 0.500. The molecule has 0 amide bonds. The highest BCUT2D eigenvalue weighted by atomic mass is 19.3. The second-order valence-electron chi connectivity index (χ2n) is 3.65. The highest BCUT2D eigenvalue weighted by Gasteiger charge is 2.16. The van der Waals surface area contributed by atoms with Crippen LogP contribution in [0.4, 0.5) is 8.78 Å². The fourth-order valence-corrected chi connectivity index (χ4v) is 1.63. The van der Waals surface area contributed by atoms with E-state index in [2.05, 4.69) is 10.1 Å². The van der Waals surface area contributed by atoms with Crippen LogP contribution in [0.25, 0.3) is 0 Å². The van der Waals surface area contributed by atoms with Crippen LogP contribution in [-0.2, 0) is 4.74 Å². The molecule has 0 aliphatic rings. The van der Waals surface area contributed by atoms with Crippen molar-refractivity contribution in [2.45, 2.75) is 12.7 Å². The maximum Gasteiger partial charge on any atom is 0.387 e. The molecule has 3 N–H and O–H groups in total. The molecule has 102 valence electrons. The van der Waals surface area contributed by atoms with Gasteiger partial charge in [-0.2, -0.15) is 8.78 Å². The molecule has 0 saturated carbocycles. The van der Waals surface area contributed by atoms with Crippen LogP contribution in [0.3, 0.4) is 0 Å². The van der Waals surface area contributed by atoms with E-state index in [0.717, 1.165) is 0 Å². The number of para-hydroxylation sites is 1. The van der Waals surface area contributed by atoms with Gasteiger partial charge in [-0.15, -0.1) is 0 Å². The maximum absolute atomic E-state index is 12.3. The Morgan fingerprint density at radius 2 is 2.06 bits per heavy atom. The van der Waals surface area contributed by atoms with E-state index in [9.17, 15) is 8.78 Å². The molecule has 0 bridgehead atoms. The summed E-state index contributed by atoms with van der Waals surface area (Å²) in [6.07, 6.45) is 0. The van der Waals surface area contributed by atoms with Crippen molar-refractivity contribution >= 4 is 0 Å². The van der Waals surface area contributed by atoms with Gasteiger partial charge in [0.1, 0.15) is 5.75 Å². The predicted molar refractivity (Wildman–Crippen MR) is 64.7 cm³/mol. The van der Waals surface area contributed by atoms with Gasteiger partial charge in [0.15, 0.2) is 0 Å². The van der Waals surface area contributed by atoms with Gasteiger partial charge < -0.3 is 20.5 Å². The minimum atomic E-state index is -2.84. The molecule has 1 unspecified atom stereocenters. The van der Waals surface area contributed by atoms with Crippen molar-refractivity contribution in [3.63, 3.8) is 0 Å². The second-order valence-corrected chi connectivity index (χ2v) is 3.65. The molecule has 0 aliphatic heterocycles. The molecule has 0 fully saturated rings. The van der Waals surface area contributed by atoms with Gasteiger partial charge in [0.25, 0.3) is 0 Å². The van der Waals surface area contributed by atoms with E-state index >= 15 is 0 Å². The van der Waals surface area contributed by atoms with Gasteiger partial charge >= 0.3 is 6.61 Å². The van der Waals surface area contributed by atoms with Crippen LogP contribution in [0.2, 0.25) is 0 Å². The Bertz CT molecular complexity index is 351. The Labute approximate surface area is 105 Å². The molecule has 1 atom stereocenters. The van der Waals surface area contributed by atoms with E-state index < -0.39 is 6.61 Å². The first kappa shape index (κ1) is 14.8. The summed E-state index contributed by atoms with van der Waals surface area (Å²) in [6, 6.07) is 6.38. The van der Waals surface area contributed by atoms with E-state index in [1.54, 1.807) is 25.3 Å². The topological polar surface area (TPSA) is 56.5 Å². The Balaban J connectivity index is 2.77. The zero-order valence-corrected chi connectivity index (χ0v) is 10.2. The number of nitrogens with two attached hydrogens (primary N) is 1. The highest BCUT2D eigenvalue weighted by Crippen LogP contribution is 2.25. The molecular weight excluding hydrogens is 242 g/mol. The van der Waals surface area contributed by atoms with E-state index in [1.807, 2.05) is 0 Å². The Morgan fingerprint density at radius 1 is 1.33 bits per heavy atom. The lowest BCUT2D eigenvalue weighted by atomic mass is 10.1. The summed E-state index contributed by atoms with van der Waals surface area (Å²) in [6.45, 7) is -1.45. The Morgan fingerprint density at radius 3 is 2.67 bits per heavy atom. The van der Waals surface area contributed by atoms with E-state index in [1.165, 1.54) is 6.07 Å². The molecule has 0 heterocycles. The standard InChI is InChI=1S/C12H18F2N2O2/c1-17-7-6-16-10(8-15)9-4-2-3-5-11(9)18-12(13)14/h2-5,10,12,16H,6-8,15H2,1H3. The van der Waals surface area contributed by atoms with E-state index in [4.69, 9.17) is 10.5 Å². The maximum atomic E-state index is 12.3. The predicted octanol–water partition coefficient (Wildman–Crippen LogP) is 1.52. The van der Waals surface area contributed by atoms with Crippen LogP contribution in [0, 0.1) is 0 Å². The molecule has 6 heteroatoms. The fourth-order valence-electron chi connectivity index (χ4n) is 1.63. The molecule has 1 aromatic rings. The Kier molecular flexibility index (Phi) is 6.56. The largest absolute Gasteiger partial charge is 0.434 e. The highest BCUT2D eigenvalue weighted by molar-refractivity contribution is 5.36. The van der Waals surface area contributed by atoms with Crippen LogP contribution in [0.15, 0.2) is 24.3 Å². The number of benzene rings is 1. The van der Waals surface area contributed by atoms with Crippen LogP contribution in [0.1, 0.15) is 11.6 Å². The van der Waals surface area contributed by atoms with Crippen molar-refractivity contribution < 1.29 is 18.3 Å². The Hall–Kier alpha value is -1.24. The molecule has 0 radical (unpaired) electrons. The molecular formula is C12H18F2N2O2. The molecule has 0 spiro atoms. The lowest BCUT2D eigenvalue weighted by molar-refractivity contribution is -0.0507. The SMILES string of the molecule is COCCNC(CN)c1ccccc1OC(F)F. The van der Waals surface area contributed by atoms with Gasteiger partial charge in [0.05, 0.1) is 6.61 Å². The van der Waals surface area contributed by atoms with Crippen molar-refractivity contribution in [1.82, 2.24) is 5.32 Å². The number of methoxy groups -OCH3 is 1. The summed E-state index contributed by atoms with van der Waals surface area (Å²) in [5, 5.41) is 3.13. The quantitative estimate of drug-likeness (QED) is 0.696. The van der Waals surface area contributed by atoms with Crippen LogP contribution >= 0.6 is 0 Å². The monoisotopic (exact) mass is 260 g/mol. The summed E-state index contributed by atoms with van der Waals surface area (Å²) < 4.78 is 33.9. The molecule has 18 heavy (non-hydrogen) atoms. The number of alkyl halides is 2. The number of hydrogen-bond donors (Lipinski definition) is 2. The third-order valence-electron chi connectivity index (χ3n) is 2.44. The van der Waals surface area contributed by atoms with Crippen molar-refractivity contribution in [2.75, 3.05) is 26.8 Å². The van der Waals surface area contributed by atoms with Crippen molar-refractivity contribution in [2.24, 2.45) is 5.73 Å². The third kappa shape index (κ3) is 4.56. The average Bonchev–Trinajstić information content (AvgIpc) is 2.35. The summed E-state index contributed by atoms with van der Waals surface area (Å²) in [7, 11) is 1.59. The van der Waals surface area contributed by atoms with Crippen molar-refractivity contribution in [1.29, 1.82) is 0 Å². The molecule has 1 aromatic carbocycles. The summed E-state index contributed by atoms with van der Waals surface area (Å²) in [4.78, 5) is 0. The van der Waals surface area contributed by atoms with Crippen LogP contribution in [0.5, 0.6) is 5.75 Å². The van der Waals surface area contributed by atoms with Gasteiger partial charge in [0.2, 0.25) is 0 Å². The second kappa shape index (κ2) is 7.97.